The number of hydrogen-bond acceptors (Lipinski definition) is 6. The van der Waals surface area contributed by atoms with E-state index >= 15 is 0 Å². The number of carbonyl (C=O) groups is 4. The minimum atomic E-state index is -1.13. The number of rotatable bonds is 11. The van der Waals surface area contributed by atoms with E-state index in [1.165, 1.54) is 18.7 Å². The van der Waals surface area contributed by atoms with Crippen molar-refractivity contribution in [1.29, 1.82) is 0 Å². The standard InChI is InChI=1S/C15H28N4O5S/c1-8(2)12(16)14(22)18-9(3)13(21)17-7-11(20)19-10(15(23)24)5-6-25-4/h8-10,12H,5-7,16H2,1-4H3,(H,17,21)(H,18,22)(H,19,20)(H,23,24). The molecule has 3 atom stereocenters. The van der Waals surface area contributed by atoms with Crippen LogP contribution in [0.3, 0.4) is 0 Å². The van der Waals surface area contributed by atoms with Gasteiger partial charge >= 0.3 is 5.97 Å². The van der Waals surface area contributed by atoms with Crippen LogP contribution >= 0.6 is 11.8 Å². The molecular weight excluding hydrogens is 348 g/mol. The third-order valence-corrected chi connectivity index (χ3v) is 4.08. The van der Waals surface area contributed by atoms with Crippen LogP contribution in [0.1, 0.15) is 27.2 Å². The number of nitrogens with two attached hydrogens (primary N) is 1. The van der Waals surface area contributed by atoms with E-state index in [9.17, 15) is 19.2 Å². The second-order valence-corrected chi connectivity index (χ2v) is 6.94. The molecule has 0 aliphatic rings. The number of thioether (sulfide) groups is 1. The molecule has 0 spiro atoms. The van der Waals surface area contributed by atoms with Crippen molar-refractivity contribution in [2.24, 2.45) is 11.7 Å². The van der Waals surface area contributed by atoms with Crippen molar-refractivity contribution >= 4 is 35.5 Å². The predicted octanol–water partition coefficient (Wildman–Crippen LogP) is -1.09. The van der Waals surface area contributed by atoms with Crippen molar-refractivity contribution in [1.82, 2.24) is 16.0 Å². The molecule has 0 fully saturated rings. The molecule has 0 aromatic carbocycles. The van der Waals surface area contributed by atoms with Gasteiger partial charge in [0.1, 0.15) is 12.1 Å². The van der Waals surface area contributed by atoms with Gasteiger partial charge in [-0.25, -0.2) is 4.79 Å². The summed E-state index contributed by atoms with van der Waals surface area (Å²) in [5.74, 6) is -2.24. The van der Waals surface area contributed by atoms with E-state index in [-0.39, 0.29) is 18.9 Å². The van der Waals surface area contributed by atoms with Crippen molar-refractivity contribution in [2.45, 2.75) is 45.3 Å². The monoisotopic (exact) mass is 376 g/mol. The van der Waals surface area contributed by atoms with Crippen molar-refractivity contribution in [2.75, 3.05) is 18.6 Å². The van der Waals surface area contributed by atoms with Gasteiger partial charge in [0.25, 0.3) is 0 Å². The highest BCUT2D eigenvalue weighted by atomic mass is 32.2. The average molecular weight is 376 g/mol. The van der Waals surface area contributed by atoms with Gasteiger partial charge in [0.05, 0.1) is 12.6 Å². The molecule has 0 aromatic heterocycles. The van der Waals surface area contributed by atoms with Crippen LogP contribution in [0.15, 0.2) is 0 Å². The summed E-state index contributed by atoms with van der Waals surface area (Å²) in [5, 5.41) is 16.2. The van der Waals surface area contributed by atoms with E-state index in [4.69, 9.17) is 10.8 Å². The van der Waals surface area contributed by atoms with Crippen molar-refractivity contribution < 1.29 is 24.3 Å². The fraction of sp³-hybridized carbons (Fsp3) is 0.733. The summed E-state index contributed by atoms with van der Waals surface area (Å²) in [6.45, 7) is 4.67. The number of hydrogen-bond donors (Lipinski definition) is 5. The molecule has 0 radical (unpaired) electrons. The number of amides is 3. The van der Waals surface area contributed by atoms with Gasteiger partial charge in [0.2, 0.25) is 17.7 Å². The Hall–Kier alpha value is -1.81. The molecule has 0 aromatic rings. The van der Waals surface area contributed by atoms with Crippen LogP contribution in [-0.4, -0.2) is 65.5 Å². The second kappa shape index (κ2) is 11.7. The molecule has 10 heteroatoms. The van der Waals surface area contributed by atoms with Crippen molar-refractivity contribution in [3.63, 3.8) is 0 Å². The Morgan fingerprint density at radius 2 is 1.68 bits per heavy atom. The largest absolute Gasteiger partial charge is 0.480 e. The Kier molecular flexibility index (Phi) is 10.8. The van der Waals surface area contributed by atoms with Crippen molar-refractivity contribution in [3.05, 3.63) is 0 Å². The molecule has 9 nitrogen and oxygen atoms in total. The van der Waals surface area contributed by atoms with Gasteiger partial charge in [0.15, 0.2) is 0 Å². The zero-order valence-electron chi connectivity index (χ0n) is 15.0. The van der Waals surface area contributed by atoms with Gasteiger partial charge in [-0.1, -0.05) is 13.8 Å². The van der Waals surface area contributed by atoms with E-state index in [1.54, 1.807) is 13.8 Å². The zero-order chi connectivity index (χ0) is 19.6. The topological polar surface area (TPSA) is 151 Å². The lowest BCUT2D eigenvalue weighted by Gasteiger charge is -2.19. The minimum Gasteiger partial charge on any atom is -0.480 e. The maximum atomic E-state index is 11.9. The SMILES string of the molecule is CSCCC(NC(=O)CNC(=O)C(C)NC(=O)C(N)C(C)C)C(=O)O. The van der Waals surface area contributed by atoms with Gasteiger partial charge in [-0.05, 0) is 31.3 Å². The molecule has 0 bridgehead atoms. The molecule has 0 saturated carbocycles. The molecule has 0 aliphatic carbocycles. The van der Waals surface area contributed by atoms with Crippen LogP contribution in [0.5, 0.6) is 0 Å². The third kappa shape index (κ3) is 9.30. The molecule has 25 heavy (non-hydrogen) atoms. The highest BCUT2D eigenvalue weighted by Gasteiger charge is 2.23. The first-order valence-electron chi connectivity index (χ1n) is 7.94. The molecule has 3 unspecified atom stereocenters. The van der Waals surface area contributed by atoms with Crippen LogP contribution in [0.2, 0.25) is 0 Å². The second-order valence-electron chi connectivity index (χ2n) is 5.96. The maximum absolute atomic E-state index is 11.9. The molecule has 3 amide bonds. The van der Waals surface area contributed by atoms with E-state index < -0.39 is 41.8 Å². The van der Waals surface area contributed by atoms with Gasteiger partial charge < -0.3 is 26.8 Å². The van der Waals surface area contributed by atoms with Crippen LogP contribution in [0, 0.1) is 5.92 Å². The lowest BCUT2D eigenvalue weighted by molar-refractivity contribution is -0.141. The molecule has 144 valence electrons. The van der Waals surface area contributed by atoms with E-state index in [0.717, 1.165) is 0 Å². The molecular formula is C15H28N4O5S. The van der Waals surface area contributed by atoms with Gasteiger partial charge in [-0.2, -0.15) is 11.8 Å². The fourth-order valence-electron chi connectivity index (χ4n) is 1.74. The van der Waals surface area contributed by atoms with Gasteiger partial charge in [0, 0.05) is 0 Å². The number of carboxylic acids is 1. The van der Waals surface area contributed by atoms with Crippen molar-refractivity contribution in [3.8, 4) is 0 Å². The Morgan fingerprint density at radius 3 is 2.16 bits per heavy atom. The Morgan fingerprint density at radius 1 is 1.08 bits per heavy atom. The quantitative estimate of drug-likeness (QED) is 0.307. The number of carbonyl (C=O) groups excluding carboxylic acids is 3. The first kappa shape index (κ1) is 23.2. The van der Waals surface area contributed by atoms with Crippen LogP contribution in [-0.2, 0) is 19.2 Å². The fourth-order valence-corrected chi connectivity index (χ4v) is 2.21. The normalized spacial score (nSPS) is 14.3. The lowest BCUT2D eigenvalue weighted by atomic mass is 10.0. The summed E-state index contributed by atoms with van der Waals surface area (Å²) >= 11 is 1.47. The summed E-state index contributed by atoms with van der Waals surface area (Å²) in [4.78, 5) is 46.5. The number of aliphatic carboxylic acids is 1. The Balaban J connectivity index is 4.36. The highest BCUT2D eigenvalue weighted by molar-refractivity contribution is 7.98. The summed E-state index contributed by atoms with van der Waals surface area (Å²) in [5.41, 5.74) is 5.69. The predicted molar refractivity (Wildman–Crippen MR) is 96.0 cm³/mol. The molecule has 0 aliphatic heterocycles. The summed E-state index contributed by atoms with van der Waals surface area (Å²) in [6.07, 6.45) is 2.12. The molecule has 0 rings (SSSR count). The van der Waals surface area contributed by atoms with E-state index in [0.29, 0.717) is 5.75 Å². The average Bonchev–Trinajstić information content (AvgIpc) is 2.54. The minimum absolute atomic E-state index is 0.0738. The van der Waals surface area contributed by atoms with Gasteiger partial charge in [-0.15, -0.1) is 0 Å². The molecule has 0 saturated heterocycles. The Bertz CT molecular complexity index is 487. The van der Waals surface area contributed by atoms with Crippen LogP contribution in [0.4, 0.5) is 0 Å². The highest BCUT2D eigenvalue weighted by Crippen LogP contribution is 2.01. The summed E-state index contributed by atoms with van der Waals surface area (Å²) < 4.78 is 0. The van der Waals surface area contributed by atoms with Gasteiger partial charge in [-0.3, -0.25) is 14.4 Å². The first-order valence-corrected chi connectivity index (χ1v) is 9.34. The van der Waals surface area contributed by atoms with E-state index in [1.807, 2.05) is 6.26 Å². The summed E-state index contributed by atoms with van der Waals surface area (Å²) in [7, 11) is 0. The zero-order valence-corrected chi connectivity index (χ0v) is 15.8. The first-order chi connectivity index (χ1) is 11.6. The third-order valence-electron chi connectivity index (χ3n) is 3.44. The Labute approximate surface area is 151 Å². The number of carboxylic acid groups (broad SMARTS) is 1. The molecule has 6 N–H and O–H groups in total. The summed E-state index contributed by atoms with van der Waals surface area (Å²) in [6, 6.07) is -2.60. The van der Waals surface area contributed by atoms with Crippen LogP contribution in [0.25, 0.3) is 0 Å². The molecule has 0 heterocycles. The van der Waals surface area contributed by atoms with Crippen LogP contribution < -0.4 is 21.7 Å². The lowest BCUT2D eigenvalue weighted by Crippen LogP contribution is -2.53. The smallest absolute Gasteiger partial charge is 0.326 e. The number of nitrogens with one attached hydrogen (secondary N) is 3. The maximum Gasteiger partial charge on any atom is 0.326 e. The van der Waals surface area contributed by atoms with E-state index in [2.05, 4.69) is 16.0 Å².